The molecule has 4 heteroatoms. The predicted molar refractivity (Wildman–Crippen MR) is 60.4 cm³/mol. The van der Waals surface area contributed by atoms with Crippen molar-refractivity contribution in [2.24, 2.45) is 5.73 Å². The van der Waals surface area contributed by atoms with Gasteiger partial charge in [0, 0.05) is 11.1 Å². The second-order valence-electron chi connectivity index (χ2n) is 2.97. The molecule has 0 fully saturated rings. The average molecular weight is 234 g/mol. The van der Waals surface area contributed by atoms with Crippen LogP contribution in [0.1, 0.15) is 12.0 Å². The van der Waals surface area contributed by atoms with Gasteiger partial charge in [-0.3, -0.25) is 0 Å². The van der Waals surface area contributed by atoms with Crippen molar-refractivity contribution < 1.29 is 4.74 Å². The molecule has 1 aromatic rings. The molecule has 0 radical (unpaired) electrons. The first-order chi connectivity index (χ1) is 6.69. The van der Waals surface area contributed by atoms with Crippen molar-refractivity contribution in [3.05, 3.63) is 27.7 Å². The molecule has 0 aliphatic rings. The van der Waals surface area contributed by atoms with Crippen LogP contribution in [-0.4, -0.2) is 13.7 Å². The van der Waals surface area contributed by atoms with Crippen molar-refractivity contribution >= 4 is 23.2 Å². The van der Waals surface area contributed by atoms with E-state index >= 15 is 0 Å². The molecule has 0 bridgehead atoms. The molecule has 0 spiro atoms. The maximum Gasteiger partial charge on any atom is 0.138 e. The maximum absolute atomic E-state index is 6.04. The summed E-state index contributed by atoms with van der Waals surface area (Å²) in [6, 6.07) is 3.56. The van der Waals surface area contributed by atoms with Crippen LogP contribution in [-0.2, 0) is 6.42 Å². The summed E-state index contributed by atoms with van der Waals surface area (Å²) in [4.78, 5) is 0. The zero-order valence-electron chi connectivity index (χ0n) is 8.02. The van der Waals surface area contributed by atoms with E-state index in [1.807, 2.05) is 6.07 Å². The highest BCUT2D eigenvalue weighted by molar-refractivity contribution is 6.34. The molecule has 0 amide bonds. The van der Waals surface area contributed by atoms with Gasteiger partial charge in [0.05, 0.1) is 12.1 Å². The number of ether oxygens (including phenoxy) is 1. The fraction of sp³-hybridized carbons (Fsp3) is 0.400. The maximum atomic E-state index is 6.04. The van der Waals surface area contributed by atoms with E-state index in [4.69, 9.17) is 33.7 Å². The molecule has 78 valence electrons. The van der Waals surface area contributed by atoms with E-state index in [9.17, 15) is 0 Å². The Hall–Kier alpha value is -0.440. The normalized spacial score (nSPS) is 10.3. The van der Waals surface area contributed by atoms with E-state index < -0.39 is 0 Å². The number of methoxy groups -OCH3 is 1. The molecule has 1 rings (SSSR count). The molecule has 2 nitrogen and oxygen atoms in total. The zero-order chi connectivity index (χ0) is 10.6. The van der Waals surface area contributed by atoms with Crippen molar-refractivity contribution in [3.8, 4) is 5.75 Å². The highest BCUT2D eigenvalue weighted by Gasteiger charge is 2.06. The number of nitrogens with two attached hydrogens (primary N) is 1. The molecular weight excluding hydrogens is 221 g/mol. The number of hydrogen-bond acceptors (Lipinski definition) is 2. The smallest absolute Gasteiger partial charge is 0.138 e. The van der Waals surface area contributed by atoms with Crippen LogP contribution in [0.3, 0.4) is 0 Å². The summed E-state index contributed by atoms with van der Waals surface area (Å²) in [6.07, 6.45) is 1.75. The van der Waals surface area contributed by atoms with Gasteiger partial charge in [-0.05, 0) is 31.0 Å². The fourth-order valence-corrected chi connectivity index (χ4v) is 1.72. The Kier molecular flexibility index (Phi) is 4.52. The number of rotatable bonds is 4. The Morgan fingerprint density at radius 2 is 2.00 bits per heavy atom. The van der Waals surface area contributed by atoms with Gasteiger partial charge in [0.1, 0.15) is 5.75 Å². The van der Waals surface area contributed by atoms with Crippen molar-refractivity contribution in [2.75, 3.05) is 13.7 Å². The molecule has 14 heavy (non-hydrogen) atoms. The van der Waals surface area contributed by atoms with E-state index in [0.717, 1.165) is 18.4 Å². The molecule has 1 aromatic carbocycles. The Morgan fingerprint density at radius 1 is 1.29 bits per heavy atom. The van der Waals surface area contributed by atoms with Crippen LogP contribution in [0.2, 0.25) is 10.0 Å². The molecule has 0 aromatic heterocycles. The molecule has 0 atom stereocenters. The standard InChI is InChI=1S/C10H13Cl2NO/c1-14-10-6-8(11)7(3-2-4-13)5-9(10)12/h5-6H,2-4,13H2,1H3. The average Bonchev–Trinajstić information content (AvgIpc) is 2.18. The first-order valence-electron chi connectivity index (χ1n) is 4.41. The van der Waals surface area contributed by atoms with Gasteiger partial charge >= 0.3 is 0 Å². The Bertz CT molecular complexity index is 315. The van der Waals surface area contributed by atoms with Crippen LogP contribution in [0.25, 0.3) is 0 Å². The SMILES string of the molecule is COc1cc(Cl)c(CCCN)cc1Cl. The lowest BCUT2D eigenvalue weighted by atomic mass is 10.1. The zero-order valence-corrected chi connectivity index (χ0v) is 9.53. The Morgan fingerprint density at radius 3 is 2.57 bits per heavy atom. The van der Waals surface area contributed by atoms with Gasteiger partial charge in [0.25, 0.3) is 0 Å². The minimum Gasteiger partial charge on any atom is -0.495 e. The highest BCUT2D eigenvalue weighted by atomic mass is 35.5. The molecule has 0 saturated carbocycles. The van der Waals surface area contributed by atoms with Crippen LogP contribution in [0.15, 0.2) is 12.1 Å². The van der Waals surface area contributed by atoms with Crippen LogP contribution < -0.4 is 10.5 Å². The fourth-order valence-electron chi connectivity index (χ4n) is 1.21. The van der Waals surface area contributed by atoms with Crippen LogP contribution in [0.5, 0.6) is 5.75 Å². The lowest BCUT2D eigenvalue weighted by Crippen LogP contribution is -2.00. The monoisotopic (exact) mass is 233 g/mol. The first kappa shape index (κ1) is 11.6. The number of benzene rings is 1. The summed E-state index contributed by atoms with van der Waals surface area (Å²) in [5, 5.41) is 1.27. The number of halogens is 2. The minimum absolute atomic E-state index is 0.587. The summed E-state index contributed by atoms with van der Waals surface area (Å²) < 4.78 is 5.04. The Balaban J connectivity index is 2.90. The summed E-state index contributed by atoms with van der Waals surface area (Å²) in [5.41, 5.74) is 6.44. The molecule has 0 heterocycles. The van der Waals surface area contributed by atoms with Gasteiger partial charge in [-0.1, -0.05) is 23.2 Å². The van der Waals surface area contributed by atoms with Crippen LogP contribution >= 0.6 is 23.2 Å². The second-order valence-corrected chi connectivity index (χ2v) is 3.78. The van der Waals surface area contributed by atoms with Crippen LogP contribution in [0, 0.1) is 0 Å². The number of hydrogen-bond donors (Lipinski definition) is 1. The van der Waals surface area contributed by atoms with E-state index in [1.54, 1.807) is 13.2 Å². The Labute approximate surface area is 94.0 Å². The van der Waals surface area contributed by atoms with Crippen LogP contribution in [0.4, 0.5) is 0 Å². The van der Waals surface area contributed by atoms with Gasteiger partial charge < -0.3 is 10.5 Å². The second kappa shape index (κ2) is 5.44. The van der Waals surface area contributed by atoms with E-state index in [1.165, 1.54) is 0 Å². The quantitative estimate of drug-likeness (QED) is 0.869. The van der Waals surface area contributed by atoms with Gasteiger partial charge in [0.15, 0.2) is 0 Å². The molecule has 0 saturated heterocycles. The van der Waals surface area contributed by atoms with Crippen molar-refractivity contribution in [2.45, 2.75) is 12.8 Å². The van der Waals surface area contributed by atoms with Crippen molar-refractivity contribution in [1.29, 1.82) is 0 Å². The van der Waals surface area contributed by atoms with Gasteiger partial charge in [-0.15, -0.1) is 0 Å². The van der Waals surface area contributed by atoms with E-state index in [0.29, 0.717) is 22.3 Å². The van der Waals surface area contributed by atoms with Gasteiger partial charge in [-0.2, -0.15) is 0 Å². The molecule has 0 aliphatic heterocycles. The van der Waals surface area contributed by atoms with E-state index in [2.05, 4.69) is 0 Å². The minimum atomic E-state index is 0.587. The molecular formula is C10H13Cl2NO. The molecule has 0 unspecified atom stereocenters. The third-order valence-electron chi connectivity index (χ3n) is 1.97. The summed E-state index contributed by atoms with van der Waals surface area (Å²) in [7, 11) is 1.57. The molecule has 2 N–H and O–H groups in total. The highest BCUT2D eigenvalue weighted by Crippen LogP contribution is 2.31. The third kappa shape index (κ3) is 2.77. The largest absolute Gasteiger partial charge is 0.495 e. The number of aryl methyl sites for hydroxylation is 1. The van der Waals surface area contributed by atoms with Crippen molar-refractivity contribution in [1.82, 2.24) is 0 Å². The lowest BCUT2D eigenvalue weighted by Gasteiger charge is -2.08. The lowest BCUT2D eigenvalue weighted by molar-refractivity contribution is 0.415. The van der Waals surface area contributed by atoms with Crippen molar-refractivity contribution in [3.63, 3.8) is 0 Å². The predicted octanol–water partition coefficient (Wildman–Crippen LogP) is 2.89. The summed E-state index contributed by atoms with van der Waals surface area (Å²) in [6.45, 7) is 0.653. The third-order valence-corrected chi connectivity index (χ3v) is 2.62. The first-order valence-corrected chi connectivity index (χ1v) is 5.16. The van der Waals surface area contributed by atoms with Gasteiger partial charge in [0.2, 0.25) is 0 Å². The topological polar surface area (TPSA) is 35.2 Å². The summed E-state index contributed by atoms with van der Waals surface area (Å²) in [5.74, 6) is 0.605. The van der Waals surface area contributed by atoms with Gasteiger partial charge in [-0.25, -0.2) is 0 Å². The van der Waals surface area contributed by atoms with E-state index in [-0.39, 0.29) is 0 Å². The molecule has 0 aliphatic carbocycles. The summed E-state index contributed by atoms with van der Waals surface area (Å²) >= 11 is 12.0.